The Balaban J connectivity index is 0.00000225. The van der Waals surface area contributed by atoms with E-state index >= 15 is 0 Å². The lowest BCUT2D eigenvalue weighted by molar-refractivity contribution is 0.0920. The minimum atomic E-state index is 0. The molecule has 0 aliphatic carbocycles. The molecule has 1 saturated heterocycles. The molecule has 134 valence electrons. The summed E-state index contributed by atoms with van der Waals surface area (Å²) in [7, 11) is 0. The first-order valence-electron chi connectivity index (χ1n) is 8.53. The molecule has 3 nitrogen and oxygen atoms in total. The molecule has 0 aromatic heterocycles. The van der Waals surface area contributed by atoms with E-state index in [1.807, 2.05) is 42.1 Å². The van der Waals surface area contributed by atoms with Crippen LogP contribution in [0.2, 0.25) is 0 Å². The van der Waals surface area contributed by atoms with Crippen molar-refractivity contribution in [3.05, 3.63) is 65.7 Å². The monoisotopic (exact) mass is 376 g/mol. The predicted octanol–water partition coefficient (Wildman–Crippen LogP) is 4.27. The van der Waals surface area contributed by atoms with Gasteiger partial charge >= 0.3 is 0 Å². The van der Waals surface area contributed by atoms with E-state index in [0.717, 1.165) is 30.7 Å². The van der Waals surface area contributed by atoms with Gasteiger partial charge in [0.1, 0.15) is 0 Å². The fourth-order valence-electron chi connectivity index (χ4n) is 2.93. The summed E-state index contributed by atoms with van der Waals surface area (Å²) in [6.07, 6.45) is 2.16. The van der Waals surface area contributed by atoms with Crippen LogP contribution < -0.4 is 10.6 Å². The van der Waals surface area contributed by atoms with Gasteiger partial charge in [-0.15, -0.1) is 24.2 Å². The van der Waals surface area contributed by atoms with Gasteiger partial charge in [0.05, 0.1) is 0 Å². The SMILES string of the molecule is CC1NCCCC1NC(=O)c1ccc(CSc2ccccc2)cc1.Cl. The summed E-state index contributed by atoms with van der Waals surface area (Å²) in [5.74, 6) is 0.938. The van der Waals surface area contributed by atoms with E-state index in [9.17, 15) is 4.79 Å². The Kier molecular flexibility index (Phi) is 7.82. The largest absolute Gasteiger partial charge is 0.348 e. The lowest BCUT2D eigenvalue weighted by atomic mass is 9.99. The number of carbonyl (C=O) groups is 1. The van der Waals surface area contributed by atoms with Crippen LogP contribution in [-0.2, 0) is 5.75 Å². The molecule has 1 fully saturated rings. The minimum absolute atomic E-state index is 0. The standard InChI is InChI=1S/C20H24N2OS.ClH/c1-15-19(8-5-13-21-15)22-20(23)17-11-9-16(10-12-17)14-24-18-6-3-2-4-7-18;/h2-4,6-7,9-12,15,19,21H,5,8,13-14H2,1H3,(H,22,23);1H. The first-order valence-corrected chi connectivity index (χ1v) is 9.52. The maximum Gasteiger partial charge on any atom is 0.251 e. The Hall–Kier alpha value is -1.49. The number of halogens is 1. The maximum atomic E-state index is 12.4. The van der Waals surface area contributed by atoms with Crippen molar-refractivity contribution in [2.24, 2.45) is 0 Å². The lowest BCUT2D eigenvalue weighted by Gasteiger charge is -2.30. The molecule has 0 bridgehead atoms. The summed E-state index contributed by atoms with van der Waals surface area (Å²) in [6, 6.07) is 18.9. The highest BCUT2D eigenvalue weighted by atomic mass is 35.5. The van der Waals surface area contributed by atoms with E-state index in [1.165, 1.54) is 10.5 Å². The highest BCUT2D eigenvalue weighted by Crippen LogP contribution is 2.22. The van der Waals surface area contributed by atoms with Gasteiger partial charge in [-0.1, -0.05) is 30.3 Å². The van der Waals surface area contributed by atoms with Crippen LogP contribution in [0.25, 0.3) is 0 Å². The van der Waals surface area contributed by atoms with Gasteiger partial charge in [-0.2, -0.15) is 0 Å². The fraction of sp³-hybridized carbons (Fsp3) is 0.350. The van der Waals surface area contributed by atoms with Crippen LogP contribution in [0.3, 0.4) is 0 Å². The van der Waals surface area contributed by atoms with Crippen molar-refractivity contribution in [1.82, 2.24) is 10.6 Å². The molecule has 3 rings (SSSR count). The number of rotatable bonds is 5. The van der Waals surface area contributed by atoms with Gasteiger partial charge in [-0.05, 0) is 56.1 Å². The van der Waals surface area contributed by atoms with Crippen LogP contribution >= 0.6 is 24.2 Å². The average Bonchev–Trinajstić information content (AvgIpc) is 2.63. The molecule has 1 heterocycles. The quantitative estimate of drug-likeness (QED) is 0.765. The Morgan fingerprint density at radius 2 is 1.88 bits per heavy atom. The number of nitrogens with one attached hydrogen (secondary N) is 2. The third-order valence-corrected chi connectivity index (χ3v) is 5.53. The van der Waals surface area contributed by atoms with E-state index in [1.54, 1.807) is 0 Å². The molecule has 1 aliphatic rings. The molecule has 0 spiro atoms. The summed E-state index contributed by atoms with van der Waals surface area (Å²) < 4.78 is 0. The molecule has 1 amide bonds. The summed E-state index contributed by atoms with van der Waals surface area (Å²) >= 11 is 1.81. The number of thioether (sulfide) groups is 1. The number of carbonyl (C=O) groups excluding carboxylic acids is 1. The fourth-order valence-corrected chi connectivity index (χ4v) is 3.80. The molecule has 2 aromatic carbocycles. The normalized spacial score (nSPS) is 19.7. The van der Waals surface area contributed by atoms with Crippen LogP contribution in [0, 0.1) is 0 Å². The van der Waals surface area contributed by atoms with Crippen LogP contribution in [0.15, 0.2) is 59.5 Å². The molecule has 5 heteroatoms. The predicted molar refractivity (Wildman–Crippen MR) is 108 cm³/mol. The van der Waals surface area contributed by atoms with Crippen molar-refractivity contribution in [3.63, 3.8) is 0 Å². The zero-order valence-corrected chi connectivity index (χ0v) is 16.0. The van der Waals surface area contributed by atoms with E-state index in [4.69, 9.17) is 0 Å². The summed E-state index contributed by atoms with van der Waals surface area (Å²) in [5.41, 5.74) is 1.97. The molecule has 0 radical (unpaired) electrons. The van der Waals surface area contributed by atoms with Gasteiger partial charge in [-0.25, -0.2) is 0 Å². The molecule has 2 atom stereocenters. The molecular weight excluding hydrogens is 352 g/mol. The lowest BCUT2D eigenvalue weighted by Crippen LogP contribution is -2.51. The molecule has 2 unspecified atom stereocenters. The van der Waals surface area contributed by atoms with Crippen LogP contribution in [0.1, 0.15) is 35.7 Å². The van der Waals surface area contributed by atoms with E-state index in [2.05, 4.69) is 41.8 Å². The van der Waals surface area contributed by atoms with Gasteiger partial charge in [0.25, 0.3) is 5.91 Å². The second kappa shape index (κ2) is 9.85. The smallest absolute Gasteiger partial charge is 0.251 e. The van der Waals surface area contributed by atoms with Gasteiger partial charge in [-0.3, -0.25) is 4.79 Å². The highest BCUT2D eigenvalue weighted by Gasteiger charge is 2.22. The number of hydrogen-bond acceptors (Lipinski definition) is 3. The summed E-state index contributed by atoms with van der Waals surface area (Å²) in [4.78, 5) is 13.7. The van der Waals surface area contributed by atoms with E-state index in [-0.39, 0.29) is 24.4 Å². The first-order chi connectivity index (χ1) is 11.7. The van der Waals surface area contributed by atoms with Crippen molar-refractivity contribution in [2.45, 2.75) is 42.5 Å². The molecule has 25 heavy (non-hydrogen) atoms. The Morgan fingerprint density at radius 3 is 2.56 bits per heavy atom. The number of piperidine rings is 1. The average molecular weight is 377 g/mol. The van der Waals surface area contributed by atoms with Crippen molar-refractivity contribution in [1.29, 1.82) is 0 Å². The Labute approximate surface area is 160 Å². The van der Waals surface area contributed by atoms with Crippen LogP contribution in [0.5, 0.6) is 0 Å². The van der Waals surface area contributed by atoms with E-state index < -0.39 is 0 Å². The van der Waals surface area contributed by atoms with Gasteiger partial charge < -0.3 is 10.6 Å². The third kappa shape index (κ3) is 5.77. The topological polar surface area (TPSA) is 41.1 Å². The molecule has 2 N–H and O–H groups in total. The maximum absolute atomic E-state index is 12.4. The zero-order chi connectivity index (χ0) is 16.8. The van der Waals surface area contributed by atoms with Crippen molar-refractivity contribution in [2.75, 3.05) is 6.54 Å². The van der Waals surface area contributed by atoms with E-state index in [0.29, 0.717) is 6.04 Å². The van der Waals surface area contributed by atoms with Crippen molar-refractivity contribution >= 4 is 30.1 Å². The second-order valence-electron chi connectivity index (χ2n) is 6.26. The minimum Gasteiger partial charge on any atom is -0.348 e. The van der Waals surface area contributed by atoms with Crippen LogP contribution in [-0.4, -0.2) is 24.5 Å². The molecule has 1 aliphatic heterocycles. The Morgan fingerprint density at radius 1 is 1.16 bits per heavy atom. The number of benzene rings is 2. The number of hydrogen-bond donors (Lipinski definition) is 2. The van der Waals surface area contributed by atoms with Gasteiger partial charge in [0.2, 0.25) is 0 Å². The van der Waals surface area contributed by atoms with Crippen molar-refractivity contribution in [3.8, 4) is 0 Å². The molecular formula is C20H25ClN2OS. The molecule has 0 saturated carbocycles. The van der Waals surface area contributed by atoms with Crippen molar-refractivity contribution < 1.29 is 4.79 Å². The summed E-state index contributed by atoms with van der Waals surface area (Å²) in [6.45, 7) is 3.18. The first kappa shape index (κ1) is 19.8. The summed E-state index contributed by atoms with van der Waals surface area (Å²) in [5, 5.41) is 6.57. The molecule has 2 aromatic rings. The van der Waals surface area contributed by atoms with Gasteiger partial charge in [0, 0.05) is 28.3 Å². The second-order valence-corrected chi connectivity index (χ2v) is 7.31. The third-order valence-electron chi connectivity index (χ3n) is 4.44. The van der Waals surface area contributed by atoms with Gasteiger partial charge in [0.15, 0.2) is 0 Å². The highest BCUT2D eigenvalue weighted by molar-refractivity contribution is 7.98. The number of amides is 1. The Bertz CT molecular complexity index is 663. The van der Waals surface area contributed by atoms with Crippen LogP contribution in [0.4, 0.5) is 0 Å². The zero-order valence-electron chi connectivity index (χ0n) is 14.4.